The van der Waals surface area contributed by atoms with E-state index < -0.39 is 15.5 Å². The van der Waals surface area contributed by atoms with Crippen molar-refractivity contribution in [2.24, 2.45) is 0 Å². The second kappa shape index (κ2) is 13.8. The summed E-state index contributed by atoms with van der Waals surface area (Å²) in [7, 11) is -3.07. The van der Waals surface area contributed by atoms with E-state index >= 15 is 0 Å². The van der Waals surface area contributed by atoms with Crippen LogP contribution in [0.2, 0.25) is 0 Å². The fraction of sp³-hybridized carbons (Fsp3) is 0.933. The number of rotatable bonds is 12. The topological polar surface area (TPSA) is 77.5 Å². The first kappa shape index (κ1) is 24.6. The second-order valence-corrected chi connectivity index (χ2v) is 7.34. The van der Waals surface area contributed by atoms with Crippen LogP contribution in [0.3, 0.4) is 0 Å². The fourth-order valence-electron chi connectivity index (χ4n) is 2.16. The maximum atomic E-state index is 11.8. The summed E-state index contributed by atoms with van der Waals surface area (Å²) in [6, 6.07) is 0. The molecule has 0 aromatic carbocycles. The molecule has 0 aromatic heterocycles. The van der Waals surface area contributed by atoms with Gasteiger partial charge in [-0.25, -0.2) is 8.42 Å². The Morgan fingerprint density at radius 3 is 1.82 bits per heavy atom. The van der Waals surface area contributed by atoms with Crippen LogP contribution in [0, 0.1) is 0 Å². The van der Waals surface area contributed by atoms with Gasteiger partial charge in [-0.3, -0.25) is 4.79 Å². The molecule has 0 aromatic rings. The van der Waals surface area contributed by atoms with Gasteiger partial charge in [0.05, 0.1) is 0 Å². The third-order valence-corrected chi connectivity index (χ3v) is 5.00. The molecule has 0 fully saturated rings. The first-order chi connectivity index (χ1) is 9.80. The fourth-order valence-corrected chi connectivity index (χ4v) is 2.66. The van der Waals surface area contributed by atoms with Crippen molar-refractivity contribution in [3.05, 3.63) is 0 Å². The molecule has 126 valence electrons. The van der Waals surface area contributed by atoms with Crippen molar-refractivity contribution < 1.29 is 47.3 Å². The van der Waals surface area contributed by atoms with Crippen molar-refractivity contribution in [2.75, 3.05) is 7.05 Å². The number of hydrogen-bond donors (Lipinski definition) is 0. The van der Waals surface area contributed by atoms with E-state index in [1.54, 1.807) is 0 Å². The quantitative estimate of drug-likeness (QED) is 0.289. The predicted molar refractivity (Wildman–Crippen MR) is 83.8 cm³/mol. The van der Waals surface area contributed by atoms with Crippen molar-refractivity contribution in [3.63, 3.8) is 0 Å². The number of carbonyl (C=O) groups excluding carboxylic acids is 1. The van der Waals surface area contributed by atoms with Crippen LogP contribution >= 0.6 is 0 Å². The van der Waals surface area contributed by atoms with Gasteiger partial charge in [-0.1, -0.05) is 58.3 Å². The second-order valence-electron chi connectivity index (χ2n) is 5.68. The Hall–Kier alpha value is 0.380. The number of carbonyl (C=O) groups is 1. The van der Waals surface area contributed by atoms with Gasteiger partial charge in [-0.15, -0.1) is 0 Å². The van der Waals surface area contributed by atoms with Gasteiger partial charge in [0.25, 0.3) is 0 Å². The first-order valence-corrected chi connectivity index (χ1v) is 9.48. The molecule has 0 saturated heterocycles. The number of hydrogen-bond acceptors (Lipinski definition) is 4. The minimum absolute atomic E-state index is 0. The van der Waals surface area contributed by atoms with E-state index in [0.717, 1.165) is 24.2 Å². The maximum absolute atomic E-state index is 11.8. The molecule has 0 aliphatic rings. The molecule has 0 rings (SSSR count). The average molecular weight is 343 g/mol. The van der Waals surface area contributed by atoms with Gasteiger partial charge in [0.2, 0.25) is 5.91 Å². The largest absolute Gasteiger partial charge is 1.00 e. The van der Waals surface area contributed by atoms with Crippen LogP contribution in [0.5, 0.6) is 0 Å². The molecule has 1 atom stereocenters. The molecule has 0 saturated carbocycles. The van der Waals surface area contributed by atoms with E-state index in [4.69, 9.17) is 0 Å². The zero-order valence-corrected chi connectivity index (χ0v) is 17.5. The molecular formula is C15H30NNaO4S. The summed E-state index contributed by atoms with van der Waals surface area (Å²) < 4.78 is 32.6. The standard InChI is InChI=1S/C15H31NO4S.Na/c1-4-5-6-7-8-9-10-11-12-13-15(17)16(3)14(2)21(18,19)20;/h14H,4-13H2,1-3H3,(H,18,19,20);/q;+1/p-1. The van der Waals surface area contributed by atoms with Crippen LogP contribution in [-0.4, -0.2) is 36.2 Å². The molecule has 0 radical (unpaired) electrons. The molecule has 0 aliphatic heterocycles. The maximum Gasteiger partial charge on any atom is 1.00 e. The predicted octanol–water partition coefficient (Wildman–Crippen LogP) is 0.261. The van der Waals surface area contributed by atoms with E-state index in [9.17, 15) is 17.8 Å². The molecule has 1 amide bonds. The Morgan fingerprint density at radius 1 is 1.00 bits per heavy atom. The number of nitrogens with zero attached hydrogens (tertiary/aromatic N) is 1. The molecule has 1 unspecified atom stereocenters. The van der Waals surface area contributed by atoms with Crippen LogP contribution in [0.15, 0.2) is 0 Å². The molecular weight excluding hydrogens is 313 g/mol. The third kappa shape index (κ3) is 11.9. The Bertz CT molecular complexity index is 387. The van der Waals surface area contributed by atoms with Gasteiger partial charge < -0.3 is 9.45 Å². The molecule has 5 nitrogen and oxygen atoms in total. The zero-order valence-electron chi connectivity index (χ0n) is 14.6. The summed E-state index contributed by atoms with van der Waals surface area (Å²) >= 11 is 0. The van der Waals surface area contributed by atoms with Crippen LogP contribution in [0.4, 0.5) is 0 Å². The van der Waals surface area contributed by atoms with Crippen molar-refractivity contribution in [2.45, 2.75) is 83.4 Å². The molecule has 0 heterocycles. The minimum atomic E-state index is -4.44. The summed E-state index contributed by atoms with van der Waals surface area (Å²) in [5.74, 6) is -0.273. The summed E-state index contributed by atoms with van der Waals surface area (Å²) in [4.78, 5) is 12.8. The molecule has 0 spiro atoms. The van der Waals surface area contributed by atoms with Gasteiger partial charge in [-0.2, -0.15) is 0 Å². The molecule has 0 bridgehead atoms. The zero-order chi connectivity index (χ0) is 16.3. The average Bonchev–Trinajstić information content (AvgIpc) is 2.42. The normalized spacial score (nSPS) is 12.5. The van der Waals surface area contributed by atoms with E-state index in [1.165, 1.54) is 52.5 Å². The smallest absolute Gasteiger partial charge is 0.746 e. The SMILES string of the molecule is CCCCCCCCCCCC(=O)N(C)C(C)S(=O)(=O)[O-].[Na+]. The van der Waals surface area contributed by atoms with E-state index in [1.807, 2.05) is 0 Å². The molecule has 7 heteroatoms. The van der Waals surface area contributed by atoms with Crippen LogP contribution < -0.4 is 29.6 Å². The molecule has 0 aliphatic carbocycles. The third-order valence-electron chi connectivity index (χ3n) is 3.85. The van der Waals surface area contributed by atoms with E-state index in [2.05, 4.69) is 6.92 Å². The van der Waals surface area contributed by atoms with Gasteiger partial charge in [-0.05, 0) is 13.3 Å². The van der Waals surface area contributed by atoms with Crippen LogP contribution in [-0.2, 0) is 14.9 Å². The van der Waals surface area contributed by atoms with E-state index in [-0.39, 0.29) is 35.5 Å². The van der Waals surface area contributed by atoms with Crippen LogP contribution in [0.25, 0.3) is 0 Å². The Morgan fingerprint density at radius 2 is 1.41 bits per heavy atom. The monoisotopic (exact) mass is 343 g/mol. The van der Waals surface area contributed by atoms with Crippen molar-refractivity contribution in [1.82, 2.24) is 4.90 Å². The summed E-state index contributed by atoms with van der Waals surface area (Å²) in [6.07, 6.45) is 10.8. The summed E-state index contributed by atoms with van der Waals surface area (Å²) in [5.41, 5.74) is 0. The summed E-state index contributed by atoms with van der Waals surface area (Å²) in [6.45, 7) is 3.45. The Kier molecular flexibility index (Phi) is 15.4. The summed E-state index contributed by atoms with van der Waals surface area (Å²) in [5, 5.41) is -1.29. The van der Waals surface area contributed by atoms with Crippen molar-refractivity contribution >= 4 is 16.0 Å². The minimum Gasteiger partial charge on any atom is -0.746 e. The Balaban J connectivity index is 0. The van der Waals surface area contributed by atoms with Gasteiger partial charge in [0, 0.05) is 13.5 Å². The molecule has 0 N–H and O–H groups in total. The van der Waals surface area contributed by atoms with Crippen LogP contribution in [0.1, 0.15) is 78.1 Å². The van der Waals surface area contributed by atoms with E-state index in [0.29, 0.717) is 6.42 Å². The number of unbranched alkanes of at least 4 members (excludes halogenated alkanes) is 8. The number of amides is 1. The van der Waals surface area contributed by atoms with Gasteiger partial charge >= 0.3 is 29.6 Å². The molecule has 22 heavy (non-hydrogen) atoms. The Labute approximate surface area is 158 Å². The van der Waals surface area contributed by atoms with Gasteiger partial charge in [0.15, 0.2) is 0 Å². The first-order valence-electron chi connectivity index (χ1n) is 8.01. The van der Waals surface area contributed by atoms with Crippen molar-refractivity contribution in [1.29, 1.82) is 0 Å². The van der Waals surface area contributed by atoms with Crippen molar-refractivity contribution in [3.8, 4) is 0 Å². The van der Waals surface area contributed by atoms with Gasteiger partial charge in [0.1, 0.15) is 15.5 Å².